The molecule has 0 saturated carbocycles. The first-order valence-electron chi connectivity index (χ1n) is 5.32. The molecule has 2 rings (SSSR count). The van der Waals surface area contributed by atoms with Gasteiger partial charge >= 0.3 is 0 Å². The molecule has 0 spiro atoms. The van der Waals surface area contributed by atoms with E-state index in [0.717, 1.165) is 23.9 Å². The van der Waals surface area contributed by atoms with Crippen LogP contribution in [0.15, 0.2) is 22.9 Å². The van der Waals surface area contributed by atoms with Gasteiger partial charge in [-0.25, -0.2) is 0 Å². The lowest BCUT2D eigenvalue weighted by Crippen LogP contribution is -2.45. The van der Waals surface area contributed by atoms with Crippen LogP contribution in [0.5, 0.6) is 0 Å². The minimum absolute atomic E-state index is 0.0175. The molecule has 0 aromatic carbocycles. The summed E-state index contributed by atoms with van der Waals surface area (Å²) in [5.41, 5.74) is 6.47. The highest BCUT2D eigenvalue weighted by Gasteiger charge is 2.22. The Kier molecular flexibility index (Phi) is 3.56. The Hall–Kier alpha value is -0.940. The molecule has 0 radical (unpaired) electrons. The molecule has 0 unspecified atom stereocenters. The van der Waals surface area contributed by atoms with Crippen LogP contribution in [0.3, 0.4) is 0 Å². The standard InChI is InChI=1S/C11H14BrN3O/c12-9-4-8(5-14-6-9)11(16)15-3-1-2-10(13)7-15/h4-6,10H,1-3,7,13H2/t10-/m1/s1. The van der Waals surface area contributed by atoms with E-state index in [-0.39, 0.29) is 11.9 Å². The zero-order chi connectivity index (χ0) is 11.5. The van der Waals surface area contributed by atoms with Crippen LogP contribution in [-0.4, -0.2) is 34.9 Å². The molecule has 2 heterocycles. The van der Waals surface area contributed by atoms with Gasteiger partial charge < -0.3 is 10.6 Å². The quantitative estimate of drug-likeness (QED) is 0.848. The fourth-order valence-electron chi connectivity index (χ4n) is 1.91. The van der Waals surface area contributed by atoms with Crippen molar-refractivity contribution in [2.24, 2.45) is 5.73 Å². The van der Waals surface area contributed by atoms with Crippen molar-refractivity contribution in [2.75, 3.05) is 13.1 Å². The molecule has 5 heteroatoms. The lowest BCUT2D eigenvalue weighted by molar-refractivity contribution is 0.0708. The van der Waals surface area contributed by atoms with Crippen molar-refractivity contribution in [1.82, 2.24) is 9.88 Å². The first kappa shape index (κ1) is 11.5. The molecule has 0 aliphatic carbocycles. The molecule has 1 aromatic heterocycles. The van der Waals surface area contributed by atoms with Gasteiger partial charge in [-0.05, 0) is 34.8 Å². The monoisotopic (exact) mass is 283 g/mol. The third-order valence-corrected chi connectivity index (χ3v) is 3.13. The number of aromatic nitrogens is 1. The van der Waals surface area contributed by atoms with Crippen molar-refractivity contribution >= 4 is 21.8 Å². The highest BCUT2D eigenvalue weighted by molar-refractivity contribution is 9.10. The summed E-state index contributed by atoms with van der Waals surface area (Å²) in [6.45, 7) is 1.43. The third kappa shape index (κ3) is 2.59. The fraction of sp³-hybridized carbons (Fsp3) is 0.455. The highest BCUT2D eigenvalue weighted by Crippen LogP contribution is 2.15. The molecule has 86 valence electrons. The zero-order valence-corrected chi connectivity index (χ0v) is 10.5. The minimum Gasteiger partial charge on any atom is -0.337 e. The number of halogens is 1. The number of rotatable bonds is 1. The van der Waals surface area contributed by atoms with Crippen LogP contribution < -0.4 is 5.73 Å². The summed E-state index contributed by atoms with van der Waals surface area (Å²) in [4.78, 5) is 17.9. The van der Waals surface area contributed by atoms with Gasteiger partial charge in [0.25, 0.3) is 5.91 Å². The lowest BCUT2D eigenvalue weighted by atomic mass is 10.1. The van der Waals surface area contributed by atoms with Crippen LogP contribution in [0.25, 0.3) is 0 Å². The maximum atomic E-state index is 12.1. The molecule has 16 heavy (non-hydrogen) atoms. The summed E-state index contributed by atoms with van der Waals surface area (Å²) in [5, 5.41) is 0. The molecule has 1 aliphatic rings. The Morgan fingerprint density at radius 2 is 2.38 bits per heavy atom. The Morgan fingerprint density at radius 3 is 3.06 bits per heavy atom. The average Bonchev–Trinajstić information content (AvgIpc) is 2.28. The van der Waals surface area contributed by atoms with E-state index in [1.54, 1.807) is 23.4 Å². The van der Waals surface area contributed by atoms with E-state index in [4.69, 9.17) is 5.73 Å². The van der Waals surface area contributed by atoms with Crippen molar-refractivity contribution in [3.63, 3.8) is 0 Å². The second-order valence-electron chi connectivity index (χ2n) is 4.05. The topological polar surface area (TPSA) is 59.2 Å². The van der Waals surface area contributed by atoms with E-state index in [9.17, 15) is 4.79 Å². The number of pyridine rings is 1. The molecule has 1 aromatic rings. The summed E-state index contributed by atoms with van der Waals surface area (Å²) in [6, 6.07) is 1.90. The number of nitrogens with two attached hydrogens (primary N) is 1. The van der Waals surface area contributed by atoms with E-state index >= 15 is 0 Å². The van der Waals surface area contributed by atoms with E-state index < -0.39 is 0 Å². The number of carbonyl (C=O) groups is 1. The summed E-state index contributed by atoms with van der Waals surface area (Å²) in [7, 11) is 0. The predicted molar refractivity (Wildman–Crippen MR) is 65.0 cm³/mol. The molecule has 1 fully saturated rings. The van der Waals surface area contributed by atoms with Crippen molar-refractivity contribution < 1.29 is 4.79 Å². The van der Waals surface area contributed by atoms with Crippen molar-refractivity contribution in [3.05, 3.63) is 28.5 Å². The maximum absolute atomic E-state index is 12.1. The smallest absolute Gasteiger partial charge is 0.255 e. The molecule has 1 atom stereocenters. The predicted octanol–water partition coefficient (Wildman–Crippen LogP) is 1.41. The molecule has 4 nitrogen and oxygen atoms in total. The first-order chi connectivity index (χ1) is 7.66. The van der Waals surface area contributed by atoms with Crippen LogP contribution in [-0.2, 0) is 0 Å². The van der Waals surface area contributed by atoms with Crippen LogP contribution >= 0.6 is 15.9 Å². The number of hydrogen-bond donors (Lipinski definition) is 1. The summed E-state index contributed by atoms with van der Waals surface area (Å²) in [6.07, 6.45) is 5.24. The van der Waals surface area contributed by atoms with Crippen LogP contribution in [0.2, 0.25) is 0 Å². The van der Waals surface area contributed by atoms with Gasteiger partial charge in [0.15, 0.2) is 0 Å². The maximum Gasteiger partial charge on any atom is 0.255 e. The molecule has 1 amide bonds. The van der Waals surface area contributed by atoms with Gasteiger partial charge in [-0.15, -0.1) is 0 Å². The largest absolute Gasteiger partial charge is 0.337 e. The molecular formula is C11H14BrN3O. The van der Waals surface area contributed by atoms with Crippen LogP contribution in [0.1, 0.15) is 23.2 Å². The van der Waals surface area contributed by atoms with Crippen LogP contribution in [0.4, 0.5) is 0 Å². The summed E-state index contributed by atoms with van der Waals surface area (Å²) >= 11 is 3.31. The highest BCUT2D eigenvalue weighted by atomic mass is 79.9. The van der Waals surface area contributed by atoms with E-state index in [2.05, 4.69) is 20.9 Å². The summed E-state index contributed by atoms with van der Waals surface area (Å²) in [5.74, 6) is 0.0175. The Balaban J connectivity index is 2.12. The van der Waals surface area contributed by atoms with Crippen molar-refractivity contribution in [3.8, 4) is 0 Å². The first-order valence-corrected chi connectivity index (χ1v) is 6.11. The fourth-order valence-corrected chi connectivity index (χ4v) is 2.27. The molecule has 1 saturated heterocycles. The molecule has 1 aliphatic heterocycles. The van der Waals surface area contributed by atoms with Gasteiger partial charge in [-0.3, -0.25) is 9.78 Å². The number of carbonyl (C=O) groups excluding carboxylic acids is 1. The number of likely N-dealkylation sites (tertiary alicyclic amines) is 1. The van der Waals surface area contributed by atoms with Crippen LogP contribution in [0, 0.1) is 0 Å². The van der Waals surface area contributed by atoms with E-state index in [0.29, 0.717) is 12.1 Å². The SMILES string of the molecule is N[C@@H]1CCCN(C(=O)c2cncc(Br)c2)C1. The minimum atomic E-state index is 0.0175. The van der Waals surface area contributed by atoms with Gasteiger partial charge in [-0.2, -0.15) is 0 Å². The second-order valence-corrected chi connectivity index (χ2v) is 4.96. The normalized spacial score (nSPS) is 20.9. The number of nitrogens with zero attached hydrogens (tertiary/aromatic N) is 2. The average molecular weight is 284 g/mol. The summed E-state index contributed by atoms with van der Waals surface area (Å²) < 4.78 is 0.819. The number of piperidine rings is 1. The lowest BCUT2D eigenvalue weighted by Gasteiger charge is -2.30. The number of amides is 1. The van der Waals surface area contributed by atoms with Gasteiger partial charge in [-0.1, -0.05) is 0 Å². The molecular weight excluding hydrogens is 270 g/mol. The third-order valence-electron chi connectivity index (χ3n) is 2.70. The zero-order valence-electron chi connectivity index (χ0n) is 8.90. The van der Waals surface area contributed by atoms with Gasteiger partial charge in [0.1, 0.15) is 0 Å². The van der Waals surface area contributed by atoms with Gasteiger partial charge in [0.05, 0.1) is 5.56 Å². The Labute approximate surface area is 103 Å². The Bertz CT molecular complexity index is 397. The van der Waals surface area contributed by atoms with E-state index in [1.807, 2.05) is 0 Å². The van der Waals surface area contributed by atoms with Crippen molar-refractivity contribution in [1.29, 1.82) is 0 Å². The van der Waals surface area contributed by atoms with Crippen molar-refractivity contribution in [2.45, 2.75) is 18.9 Å². The second kappa shape index (κ2) is 4.93. The Morgan fingerprint density at radius 1 is 1.56 bits per heavy atom. The van der Waals surface area contributed by atoms with Gasteiger partial charge in [0, 0.05) is 36.0 Å². The van der Waals surface area contributed by atoms with E-state index in [1.165, 1.54) is 0 Å². The molecule has 2 N–H and O–H groups in total. The molecule has 0 bridgehead atoms. The number of hydrogen-bond acceptors (Lipinski definition) is 3. The van der Waals surface area contributed by atoms with Gasteiger partial charge in [0.2, 0.25) is 0 Å².